The zero-order valence-corrected chi connectivity index (χ0v) is 18.8. The minimum absolute atomic E-state index is 0.0653. The van der Waals surface area contributed by atoms with Crippen LogP contribution in [0.2, 0.25) is 0 Å². The molecule has 1 heterocycles. The molecule has 0 amide bonds. The highest BCUT2D eigenvalue weighted by Crippen LogP contribution is 2.42. The number of hydrogen-bond acceptors (Lipinski definition) is 2. The van der Waals surface area contributed by atoms with Crippen LogP contribution in [0.5, 0.6) is 0 Å². The van der Waals surface area contributed by atoms with Crippen molar-refractivity contribution in [2.24, 2.45) is 0 Å². The van der Waals surface area contributed by atoms with Crippen molar-refractivity contribution in [2.45, 2.75) is 5.54 Å². The van der Waals surface area contributed by atoms with Gasteiger partial charge in [0.15, 0.2) is 0 Å². The van der Waals surface area contributed by atoms with Crippen LogP contribution in [-0.4, -0.2) is 21.3 Å². The molecule has 0 atom stereocenters. The van der Waals surface area contributed by atoms with Crippen LogP contribution in [0, 0.1) is 0 Å². The summed E-state index contributed by atoms with van der Waals surface area (Å²) in [6.45, 7) is -0.0653. The number of hydrogen-bond donors (Lipinski definition) is 1. The summed E-state index contributed by atoms with van der Waals surface area (Å²) in [7, 11) is 0. The fourth-order valence-corrected chi connectivity index (χ4v) is 4.70. The molecule has 0 aliphatic carbocycles. The van der Waals surface area contributed by atoms with E-state index in [2.05, 4.69) is 82.3 Å². The summed E-state index contributed by atoms with van der Waals surface area (Å²) in [5, 5.41) is 10.2. The molecule has 1 aromatic heterocycles. The van der Waals surface area contributed by atoms with Gasteiger partial charge in [0.2, 0.25) is 0 Å². The average Bonchev–Trinajstić information content (AvgIpc) is 3.38. The molecule has 0 aliphatic rings. The molecule has 0 saturated heterocycles. The van der Waals surface area contributed by atoms with E-state index in [0.29, 0.717) is 0 Å². The Morgan fingerprint density at radius 3 is 1.56 bits per heavy atom. The zero-order chi connectivity index (χ0) is 23.2. The summed E-state index contributed by atoms with van der Waals surface area (Å²) in [5.74, 6) is 0. The van der Waals surface area contributed by atoms with Gasteiger partial charge in [0.05, 0.1) is 24.8 Å². The molecule has 3 nitrogen and oxygen atoms in total. The third-order valence-electron chi connectivity index (χ3n) is 6.24. The Labute approximate surface area is 200 Å². The molecule has 0 saturated carbocycles. The van der Waals surface area contributed by atoms with Gasteiger partial charge in [0.25, 0.3) is 0 Å². The molecular formula is C31H26N2O. The lowest BCUT2D eigenvalue weighted by Crippen LogP contribution is -2.38. The first-order chi connectivity index (χ1) is 16.8. The van der Waals surface area contributed by atoms with E-state index in [1.165, 1.54) is 0 Å². The van der Waals surface area contributed by atoms with E-state index < -0.39 is 5.54 Å². The van der Waals surface area contributed by atoms with Crippen molar-refractivity contribution in [1.82, 2.24) is 9.55 Å². The first-order valence-electron chi connectivity index (χ1n) is 11.4. The Morgan fingerprint density at radius 1 is 0.676 bits per heavy atom. The molecule has 34 heavy (non-hydrogen) atoms. The maximum atomic E-state index is 10.2. The lowest BCUT2D eigenvalue weighted by molar-refractivity contribution is 0.350. The second-order valence-corrected chi connectivity index (χ2v) is 8.19. The number of imidazole rings is 1. The van der Waals surface area contributed by atoms with E-state index in [4.69, 9.17) is 0 Å². The van der Waals surface area contributed by atoms with Gasteiger partial charge in [-0.05, 0) is 33.9 Å². The standard InChI is InChI=1S/C31H26N2O/c34-23-26(25-13-5-1-6-14-25)21-30-22-32-24-33(30)31(27-15-7-2-8-16-27,28-17-9-3-10-18-28)29-19-11-4-12-20-29/h1-22,24,34H,23H2/b26-21+. The summed E-state index contributed by atoms with van der Waals surface area (Å²) < 4.78 is 2.21. The van der Waals surface area contributed by atoms with Crippen LogP contribution in [0.3, 0.4) is 0 Å². The van der Waals surface area contributed by atoms with E-state index >= 15 is 0 Å². The Bertz CT molecular complexity index is 1260. The van der Waals surface area contributed by atoms with Gasteiger partial charge >= 0.3 is 0 Å². The molecule has 0 unspecified atom stereocenters. The van der Waals surface area contributed by atoms with E-state index in [1.54, 1.807) is 0 Å². The summed E-state index contributed by atoms with van der Waals surface area (Å²) in [4.78, 5) is 4.58. The highest BCUT2D eigenvalue weighted by Gasteiger charge is 2.39. The van der Waals surface area contributed by atoms with E-state index in [0.717, 1.165) is 33.5 Å². The fourth-order valence-electron chi connectivity index (χ4n) is 4.70. The van der Waals surface area contributed by atoms with Crippen LogP contribution < -0.4 is 0 Å². The molecule has 0 bridgehead atoms. The van der Waals surface area contributed by atoms with Crippen molar-refractivity contribution in [3.63, 3.8) is 0 Å². The third-order valence-corrected chi connectivity index (χ3v) is 6.24. The van der Waals surface area contributed by atoms with Crippen molar-refractivity contribution in [1.29, 1.82) is 0 Å². The van der Waals surface area contributed by atoms with Crippen molar-refractivity contribution >= 4 is 11.6 Å². The van der Waals surface area contributed by atoms with Crippen LogP contribution in [-0.2, 0) is 5.54 Å². The van der Waals surface area contributed by atoms with Crippen LogP contribution >= 0.6 is 0 Å². The normalized spacial score (nSPS) is 12.0. The number of benzene rings is 4. The maximum Gasteiger partial charge on any atom is 0.122 e. The SMILES string of the molecule is OC/C(=C\c1cncn1C(c1ccccc1)(c1ccccc1)c1ccccc1)c1ccccc1. The maximum absolute atomic E-state index is 10.2. The topological polar surface area (TPSA) is 38.1 Å². The molecule has 4 aromatic carbocycles. The van der Waals surface area contributed by atoms with Crippen LogP contribution in [0.4, 0.5) is 0 Å². The Kier molecular flexibility index (Phi) is 6.19. The monoisotopic (exact) mass is 442 g/mol. The van der Waals surface area contributed by atoms with Gasteiger partial charge in [-0.1, -0.05) is 121 Å². The molecule has 166 valence electrons. The number of aliphatic hydroxyl groups excluding tert-OH is 1. The smallest absolute Gasteiger partial charge is 0.122 e. The van der Waals surface area contributed by atoms with Gasteiger partial charge in [0, 0.05) is 0 Å². The van der Waals surface area contributed by atoms with Crippen LogP contribution in [0.1, 0.15) is 27.9 Å². The summed E-state index contributed by atoms with van der Waals surface area (Å²) >= 11 is 0. The predicted octanol–water partition coefficient (Wildman–Crippen LogP) is 6.26. The van der Waals surface area contributed by atoms with E-state index in [-0.39, 0.29) is 6.61 Å². The lowest BCUT2D eigenvalue weighted by Gasteiger charge is -2.38. The molecule has 5 aromatic rings. The third kappa shape index (κ3) is 3.87. The van der Waals surface area contributed by atoms with Gasteiger partial charge in [-0.25, -0.2) is 4.98 Å². The van der Waals surface area contributed by atoms with Gasteiger partial charge in [-0.15, -0.1) is 0 Å². The summed E-state index contributed by atoms with van der Waals surface area (Å²) in [5.41, 5.74) is 5.47. The fraction of sp³-hybridized carbons (Fsp3) is 0.0645. The van der Waals surface area contributed by atoms with Crippen molar-refractivity contribution in [3.8, 4) is 0 Å². The summed E-state index contributed by atoms with van der Waals surface area (Å²) in [6.07, 6.45) is 5.78. The molecule has 3 heteroatoms. The molecule has 0 aliphatic heterocycles. The predicted molar refractivity (Wildman–Crippen MR) is 138 cm³/mol. The number of nitrogens with zero attached hydrogens (tertiary/aromatic N) is 2. The lowest BCUT2D eigenvalue weighted by atomic mass is 9.76. The van der Waals surface area contributed by atoms with Crippen LogP contribution in [0.15, 0.2) is 134 Å². The van der Waals surface area contributed by atoms with Gasteiger partial charge in [0.1, 0.15) is 5.54 Å². The molecule has 5 rings (SSSR count). The van der Waals surface area contributed by atoms with Gasteiger partial charge in [-0.3, -0.25) is 0 Å². The van der Waals surface area contributed by atoms with Crippen molar-refractivity contribution < 1.29 is 5.11 Å². The zero-order valence-electron chi connectivity index (χ0n) is 18.8. The first-order valence-corrected chi connectivity index (χ1v) is 11.4. The number of aromatic nitrogens is 2. The highest BCUT2D eigenvalue weighted by atomic mass is 16.3. The Balaban J connectivity index is 1.82. The second kappa shape index (κ2) is 9.74. The van der Waals surface area contributed by atoms with Gasteiger partial charge < -0.3 is 9.67 Å². The van der Waals surface area contributed by atoms with E-state index in [9.17, 15) is 5.11 Å². The molecule has 1 N–H and O–H groups in total. The molecule has 0 radical (unpaired) electrons. The summed E-state index contributed by atoms with van der Waals surface area (Å²) in [6, 6.07) is 41.5. The molecule has 0 fully saturated rings. The largest absolute Gasteiger partial charge is 0.392 e. The average molecular weight is 443 g/mol. The molecule has 0 spiro atoms. The van der Waals surface area contributed by atoms with Crippen LogP contribution in [0.25, 0.3) is 11.6 Å². The van der Waals surface area contributed by atoms with E-state index in [1.807, 2.05) is 67.1 Å². The Morgan fingerprint density at radius 2 is 1.12 bits per heavy atom. The minimum Gasteiger partial charge on any atom is -0.392 e. The minimum atomic E-state index is -0.649. The highest BCUT2D eigenvalue weighted by molar-refractivity contribution is 5.81. The number of aliphatic hydroxyl groups is 1. The first kappa shape index (κ1) is 21.6. The Hall–Kier alpha value is -4.21. The van der Waals surface area contributed by atoms with Crippen molar-refractivity contribution in [2.75, 3.05) is 6.61 Å². The second-order valence-electron chi connectivity index (χ2n) is 8.19. The van der Waals surface area contributed by atoms with Gasteiger partial charge in [-0.2, -0.15) is 0 Å². The van der Waals surface area contributed by atoms with Crippen molar-refractivity contribution in [3.05, 3.63) is 162 Å². The molecular weight excluding hydrogens is 416 g/mol. The number of rotatable bonds is 7. The quantitative estimate of drug-likeness (QED) is 0.302.